The van der Waals surface area contributed by atoms with E-state index in [1.54, 1.807) is 42.5 Å². The fraction of sp³-hybridized carbons (Fsp3) is 0.238. The van der Waals surface area contributed by atoms with Crippen molar-refractivity contribution in [3.8, 4) is 0 Å². The fourth-order valence-corrected chi connectivity index (χ4v) is 4.76. The number of anilines is 1. The number of halogens is 1. The van der Waals surface area contributed by atoms with Gasteiger partial charge >= 0.3 is 0 Å². The molecule has 3 rings (SSSR count). The molecule has 1 amide bonds. The van der Waals surface area contributed by atoms with Crippen molar-refractivity contribution in [2.45, 2.75) is 29.0 Å². The van der Waals surface area contributed by atoms with Gasteiger partial charge in [0.1, 0.15) is 0 Å². The van der Waals surface area contributed by atoms with Crippen molar-refractivity contribution in [2.75, 3.05) is 19.4 Å². The first-order chi connectivity index (χ1) is 14.1. The molecule has 1 heterocycles. The van der Waals surface area contributed by atoms with Crippen molar-refractivity contribution in [1.82, 2.24) is 9.29 Å². The van der Waals surface area contributed by atoms with E-state index in [1.807, 2.05) is 19.9 Å². The number of rotatable bonds is 6. The lowest BCUT2D eigenvalue weighted by atomic mass is 10.1. The molecule has 0 aliphatic rings. The zero-order valence-electron chi connectivity index (χ0n) is 17.0. The molecule has 1 atom stereocenters. The van der Waals surface area contributed by atoms with Crippen LogP contribution in [0.15, 0.2) is 58.5 Å². The smallest absolute Gasteiger partial charge is 0.242 e. The number of nitrogens with one attached hydrogen (secondary N) is 1. The second-order valence-corrected chi connectivity index (χ2v) is 10.9. The number of amides is 1. The molecule has 0 unspecified atom stereocenters. The predicted octanol–water partition coefficient (Wildman–Crippen LogP) is 4.57. The van der Waals surface area contributed by atoms with Gasteiger partial charge in [0, 0.05) is 30.2 Å². The summed E-state index contributed by atoms with van der Waals surface area (Å²) in [5.74, 6) is -0.144. The van der Waals surface area contributed by atoms with Gasteiger partial charge in [0.15, 0.2) is 0 Å². The summed E-state index contributed by atoms with van der Waals surface area (Å²) in [5, 5.41) is 4.55. The van der Waals surface area contributed by atoms with Gasteiger partial charge in [-0.05, 0) is 67.9 Å². The molecule has 0 saturated heterocycles. The van der Waals surface area contributed by atoms with E-state index in [1.165, 1.54) is 30.2 Å². The third-order valence-electron chi connectivity index (χ3n) is 4.52. The minimum absolute atomic E-state index is 0.144. The lowest BCUT2D eigenvalue weighted by Gasteiger charge is -2.14. The molecule has 1 aromatic heterocycles. The maximum absolute atomic E-state index is 12.5. The van der Waals surface area contributed by atoms with Crippen LogP contribution in [0.5, 0.6) is 0 Å². The molecule has 158 valence electrons. The van der Waals surface area contributed by atoms with Gasteiger partial charge in [-0.3, -0.25) is 4.79 Å². The average molecular weight is 464 g/mol. The minimum atomic E-state index is -3.52. The number of fused-ring (bicyclic) bond motifs is 1. The molecule has 2 aromatic carbocycles. The molecular formula is C21H22ClN3O3S2. The molecule has 6 nitrogen and oxygen atoms in total. The Morgan fingerprint density at radius 1 is 1.13 bits per heavy atom. The van der Waals surface area contributed by atoms with Crippen LogP contribution in [0.3, 0.4) is 0 Å². The summed E-state index contributed by atoms with van der Waals surface area (Å²) in [6, 6.07) is 13.7. The summed E-state index contributed by atoms with van der Waals surface area (Å²) in [4.78, 5) is 17.3. The molecule has 1 N–H and O–H groups in total. The summed E-state index contributed by atoms with van der Waals surface area (Å²) in [5.41, 5.74) is 2.25. The second-order valence-electron chi connectivity index (χ2n) is 7.00. The highest BCUT2D eigenvalue weighted by atomic mass is 35.5. The van der Waals surface area contributed by atoms with Crippen molar-refractivity contribution in [3.05, 3.63) is 59.1 Å². The van der Waals surface area contributed by atoms with E-state index in [4.69, 9.17) is 11.6 Å². The molecule has 0 aliphatic heterocycles. The highest BCUT2D eigenvalue weighted by Crippen LogP contribution is 2.29. The van der Waals surface area contributed by atoms with Crippen molar-refractivity contribution < 1.29 is 13.2 Å². The number of nitrogens with zero attached hydrogens (tertiary/aromatic N) is 2. The predicted molar refractivity (Wildman–Crippen MR) is 123 cm³/mol. The average Bonchev–Trinajstić information content (AvgIpc) is 2.69. The van der Waals surface area contributed by atoms with Gasteiger partial charge in [-0.25, -0.2) is 17.7 Å². The van der Waals surface area contributed by atoms with Crippen LogP contribution in [-0.2, 0) is 14.8 Å². The number of benzene rings is 2. The Hall–Kier alpha value is -2.13. The van der Waals surface area contributed by atoms with Gasteiger partial charge in [-0.15, -0.1) is 0 Å². The van der Waals surface area contributed by atoms with Crippen LogP contribution >= 0.6 is 23.4 Å². The highest BCUT2D eigenvalue weighted by molar-refractivity contribution is 8.00. The summed E-state index contributed by atoms with van der Waals surface area (Å²) < 4.78 is 26.0. The van der Waals surface area contributed by atoms with Gasteiger partial charge in [0.25, 0.3) is 0 Å². The van der Waals surface area contributed by atoms with Crippen LogP contribution in [0.4, 0.5) is 5.69 Å². The monoisotopic (exact) mass is 463 g/mol. The normalized spacial score (nSPS) is 12.9. The Morgan fingerprint density at radius 3 is 2.43 bits per heavy atom. The molecular weight excluding hydrogens is 442 g/mol. The summed E-state index contributed by atoms with van der Waals surface area (Å²) >= 11 is 7.21. The number of carbonyl (C=O) groups excluding carboxylic acids is 1. The van der Waals surface area contributed by atoms with Crippen LogP contribution in [0, 0.1) is 6.92 Å². The molecule has 3 aromatic rings. The van der Waals surface area contributed by atoms with Crippen molar-refractivity contribution in [2.24, 2.45) is 0 Å². The van der Waals surface area contributed by atoms with E-state index in [9.17, 15) is 13.2 Å². The summed E-state index contributed by atoms with van der Waals surface area (Å²) in [6.45, 7) is 3.71. The number of hydrogen-bond acceptors (Lipinski definition) is 5. The first-order valence-corrected chi connectivity index (χ1v) is 11.8. The third kappa shape index (κ3) is 4.95. The standard InChI is InChI=1S/C21H22ClN3O3S2/c1-13-11-20(29-14(2)21(26)23-16-7-5-15(22)6-8-16)24-19-10-9-17(12-18(13)19)30(27,28)25(3)4/h5-12,14H,1-4H3,(H,23,26)/t14-/m1/s1. The SMILES string of the molecule is Cc1cc(S[C@H](C)C(=O)Nc2ccc(Cl)cc2)nc2ccc(S(=O)(=O)N(C)C)cc12. The number of pyridine rings is 1. The molecule has 0 bridgehead atoms. The molecule has 0 spiro atoms. The minimum Gasteiger partial charge on any atom is -0.325 e. The van der Waals surface area contributed by atoms with Crippen molar-refractivity contribution in [3.63, 3.8) is 0 Å². The van der Waals surface area contributed by atoms with Crippen LogP contribution in [0.25, 0.3) is 10.9 Å². The number of aromatic nitrogens is 1. The molecule has 9 heteroatoms. The summed E-state index contributed by atoms with van der Waals surface area (Å²) in [6.07, 6.45) is 0. The number of sulfonamides is 1. The van der Waals surface area contributed by atoms with Gasteiger partial charge < -0.3 is 5.32 Å². The Balaban J connectivity index is 1.81. The van der Waals surface area contributed by atoms with Crippen LogP contribution in [-0.4, -0.2) is 43.0 Å². The number of aryl methyl sites for hydroxylation is 1. The maximum atomic E-state index is 12.5. The largest absolute Gasteiger partial charge is 0.325 e. The van der Waals surface area contributed by atoms with Crippen molar-refractivity contribution >= 4 is 55.9 Å². The second kappa shape index (κ2) is 8.93. The Labute approximate surface area is 185 Å². The van der Waals surface area contributed by atoms with Gasteiger partial charge in [-0.2, -0.15) is 0 Å². The Bertz CT molecular complexity index is 1200. The molecule has 0 fully saturated rings. The topological polar surface area (TPSA) is 79.4 Å². The van der Waals surface area contributed by atoms with E-state index in [2.05, 4.69) is 10.3 Å². The zero-order valence-corrected chi connectivity index (χ0v) is 19.4. The van der Waals surface area contributed by atoms with Crippen LogP contribution in [0.1, 0.15) is 12.5 Å². The molecule has 0 saturated carbocycles. The van der Waals surface area contributed by atoms with Gasteiger partial charge in [0.2, 0.25) is 15.9 Å². The van der Waals surface area contributed by atoms with Crippen LogP contribution in [0.2, 0.25) is 5.02 Å². The van der Waals surface area contributed by atoms with E-state index >= 15 is 0 Å². The number of thioether (sulfide) groups is 1. The number of carbonyl (C=O) groups is 1. The highest BCUT2D eigenvalue weighted by Gasteiger charge is 2.19. The van der Waals surface area contributed by atoms with E-state index in [0.29, 0.717) is 21.3 Å². The van der Waals surface area contributed by atoms with Gasteiger partial charge in [-0.1, -0.05) is 23.4 Å². The quantitative estimate of drug-likeness (QED) is 0.542. The first-order valence-electron chi connectivity index (χ1n) is 9.15. The molecule has 0 radical (unpaired) electrons. The van der Waals surface area contributed by atoms with E-state index < -0.39 is 10.0 Å². The third-order valence-corrected chi connectivity index (χ3v) is 7.60. The maximum Gasteiger partial charge on any atom is 0.242 e. The molecule has 30 heavy (non-hydrogen) atoms. The Morgan fingerprint density at radius 2 is 1.80 bits per heavy atom. The molecule has 0 aliphatic carbocycles. The fourth-order valence-electron chi connectivity index (χ4n) is 2.79. The zero-order chi connectivity index (χ0) is 22.1. The van der Waals surface area contributed by atoms with E-state index in [0.717, 1.165) is 10.9 Å². The summed E-state index contributed by atoms with van der Waals surface area (Å²) in [7, 11) is -0.517. The lowest BCUT2D eigenvalue weighted by molar-refractivity contribution is -0.115. The van der Waals surface area contributed by atoms with Crippen LogP contribution < -0.4 is 5.32 Å². The van der Waals surface area contributed by atoms with E-state index in [-0.39, 0.29) is 16.1 Å². The number of hydrogen-bond donors (Lipinski definition) is 1. The van der Waals surface area contributed by atoms with Gasteiger partial charge in [0.05, 0.1) is 20.7 Å². The lowest BCUT2D eigenvalue weighted by Crippen LogP contribution is -2.22. The first kappa shape index (κ1) is 22.6. The Kier molecular flexibility index (Phi) is 6.71. The van der Waals surface area contributed by atoms with Crippen molar-refractivity contribution in [1.29, 1.82) is 0 Å².